The maximum Gasteiger partial charge on any atom is 0.222 e. The molecular formula is C18H19ClN6OS. The molecule has 9 heteroatoms. The Hall–Kier alpha value is -2.42. The first kappa shape index (κ1) is 19.3. The van der Waals surface area contributed by atoms with Crippen molar-refractivity contribution >= 4 is 29.5 Å². The minimum absolute atomic E-state index is 0.446. The van der Waals surface area contributed by atoms with Crippen LogP contribution in [0.4, 0.5) is 5.95 Å². The van der Waals surface area contributed by atoms with Crippen LogP contribution >= 0.6 is 23.5 Å². The van der Waals surface area contributed by atoms with Crippen LogP contribution in [0, 0.1) is 6.92 Å². The molecule has 2 heterocycles. The van der Waals surface area contributed by atoms with Crippen LogP contribution in [0.5, 0.6) is 11.6 Å². The summed E-state index contributed by atoms with van der Waals surface area (Å²) in [6, 6.07) is 9.73. The highest BCUT2D eigenvalue weighted by Gasteiger charge is 2.06. The van der Waals surface area contributed by atoms with Crippen molar-refractivity contribution < 1.29 is 4.74 Å². The van der Waals surface area contributed by atoms with Gasteiger partial charge in [-0.1, -0.05) is 35.7 Å². The normalized spacial score (nSPS) is 10.6. The molecule has 27 heavy (non-hydrogen) atoms. The van der Waals surface area contributed by atoms with Crippen molar-refractivity contribution in [3.8, 4) is 11.6 Å². The van der Waals surface area contributed by atoms with Gasteiger partial charge in [0.1, 0.15) is 11.6 Å². The molecule has 0 aliphatic carbocycles. The number of anilines is 1. The third-order valence-electron chi connectivity index (χ3n) is 3.44. The summed E-state index contributed by atoms with van der Waals surface area (Å²) < 4.78 is 8.93. The molecule has 2 aromatic heterocycles. The molecule has 3 aromatic rings. The molecular weight excluding hydrogens is 384 g/mol. The maximum absolute atomic E-state index is 5.88. The number of rotatable bonds is 8. The van der Waals surface area contributed by atoms with Crippen LogP contribution in [0.3, 0.4) is 0 Å². The summed E-state index contributed by atoms with van der Waals surface area (Å²) in [5, 5.41) is 3.59. The predicted molar refractivity (Wildman–Crippen MR) is 108 cm³/mol. The number of aryl methyl sites for hydroxylation is 1. The van der Waals surface area contributed by atoms with E-state index in [2.05, 4.69) is 30.0 Å². The second-order valence-electron chi connectivity index (χ2n) is 5.56. The zero-order valence-corrected chi connectivity index (χ0v) is 16.5. The topological polar surface area (TPSA) is 84.9 Å². The van der Waals surface area contributed by atoms with Crippen LogP contribution in [0.1, 0.15) is 17.1 Å². The largest absolute Gasteiger partial charge is 0.439 e. The van der Waals surface area contributed by atoms with Gasteiger partial charge in [-0.3, -0.25) is 4.72 Å². The van der Waals surface area contributed by atoms with Crippen LogP contribution in [0.15, 0.2) is 42.7 Å². The molecule has 0 amide bonds. The van der Waals surface area contributed by atoms with E-state index >= 15 is 0 Å². The monoisotopic (exact) mass is 402 g/mol. The van der Waals surface area contributed by atoms with Gasteiger partial charge in [-0.05, 0) is 31.7 Å². The minimum Gasteiger partial charge on any atom is -0.439 e. The van der Waals surface area contributed by atoms with E-state index in [1.807, 2.05) is 38.2 Å². The Labute approximate surface area is 167 Å². The number of nitrogens with one attached hydrogen (secondary N) is 2. The standard InChI is InChI=1S/C18H19ClN6OS/c1-12-24-15(10-23-18-21-8-14(19)9-22-18)7-17(25-12)26-16-5-3-13(4-6-16)11-27-20-2/h3-9,20H,10-11H2,1-2H3,(H,21,22,23). The van der Waals surface area contributed by atoms with E-state index in [-0.39, 0.29) is 0 Å². The average Bonchev–Trinajstić information content (AvgIpc) is 2.67. The van der Waals surface area contributed by atoms with Crippen LogP contribution in [-0.2, 0) is 12.3 Å². The first-order valence-electron chi connectivity index (χ1n) is 8.23. The number of hydrogen-bond donors (Lipinski definition) is 2. The average molecular weight is 403 g/mol. The minimum atomic E-state index is 0.446. The van der Waals surface area contributed by atoms with Gasteiger partial charge in [0.05, 0.1) is 29.7 Å². The lowest BCUT2D eigenvalue weighted by molar-refractivity contribution is 0.458. The molecule has 0 fully saturated rings. The van der Waals surface area contributed by atoms with Gasteiger partial charge in [0.25, 0.3) is 0 Å². The molecule has 3 rings (SSSR count). The van der Waals surface area contributed by atoms with E-state index < -0.39 is 0 Å². The van der Waals surface area contributed by atoms with Crippen molar-refractivity contribution in [3.05, 3.63) is 64.8 Å². The molecule has 0 aliphatic rings. The summed E-state index contributed by atoms with van der Waals surface area (Å²) in [4.78, 5) is 17.0. The van der Waals surface area contributed by atoms with Gasteiger partial charge in [-0.15, -0.1) is 0 Å². The molecule has 0 atom stereocenters. The third kappa shape index (κ3) is 6.06. The van der Waals surface area contributed by atoms with Crippen LogP contribution < -0.4 is 14.8 Å². The molecule has 1 aromatic carbocycles. The molecule has 0 saturated carbocycles. The maximum atomic E-state index is 5.88. The number of ether oxygens (including phenoxy) is 1. The van der Waals surface area contributed by atoms with Gasteiger partial charge in [-0.2, -0.15) is 4.98 Å². The van der Waals surface area contributed by atoms with Crippen LogP contribution in [0.2, 0.25) is 5.02 Å². The summed E-state index contributed by atoms with van der Waals surface area (Å²) in [5.41, 5.74) is 1.99. The highest BCUT2D eigenvalue weighted by Crippen LogP contribution is 2.22. The van der Waals surface area contributed by atoms with Crippen molar-refractivity contribution in [2.75, 3.05) is 12.4 Å². The van der Waals surface area contributed by atoms with Crippen molar-refractivity contribution in [2.45, 2.75) is 19.2 Å². The zero-order valence-electron chi connectivity index (χ0n) is 14.9. The highest BCUT2D eigenvalue weighted by atomic mass is 35.5. The second-order valence-corrected chi connectivity index (χ2v) is 6.98. The van der Waals surface area contributed by atoms with Gasteiger partial charge in [0.2, 0.25) is 11.8 Å². The first-order chi connectivity index (χ1) is 13.1. The van der Waals surface area contributed by atoms with Gasteiger partial charge < -0.3 is 10.1 Å². The third-order valence-corrected chi connectivity index (χ3v) is 4.41. The molecule has 7 nitrogen and oxygen atoms in total. The van der Waals surface area contributed by atoms with Gasteiger partial charge >= 0.3 is 0 Å². The quantitative estimate of drug-likeness (QED) is 0.547. The van der Waals surface area contributed by atoms with Gasteiger partial charge in [0.15, 0.2) is 0 Å². The van der Waals surface area contributed by atoms with Crippen LogP contribution in [0.25, 0.3) is 0 Å². The van der Waals surface area contributed by atoms with E-state index in [0.29, 0.717) is 29.2 Å². The van der Waals surface area contributed by atoms with Crippen LogP contribution in [-0.4, -0.2) is 27.0 Å². The molecule has 0 spiro atoms. The van der Waals surface area contributed by atoms with Gasteiger partial charge in [0, 0.05) is 11.8 Å². The Bertz CT molecular complexity index is 876. The fraction of sp³-hybridized carbons (Fsp3) is 0.222. The Morgan fingerprint density at radius 1 is 1.11 bits per heavy atom. The smallest absolute Gasteiger partial charge is 0.222 e. The second kappa shape index (κ2) is 9.50. The molecule has 0 unspecified atom stereocenters. The van der Waals surface area contributed by atoms with Crippen molar-refractivity contribution in [1.29, 1.82) is 0 Å². The number of nitrogens with zero attached hydrogens (tertiary/aromatic N) is 4. The first-order valence-corrected chi connectivity index (χ1v) is 9.60. The summed E-state index contributed by atoms with van der Waals surface area (Å²) >= 11 is 7.43. The van der Waals surface area contributed by atoms with E-state index in [0.717, 1.165) is 17.2 Å². The lowest BCUT2D eigenvalue weighted by atomic mass is 10.2. The highest BCUT2D eigenvalue weighted by molar-refractivity contribution is 7.96. The Morgan fingerprint density at radius 3 is 2.56 bits per heavy atom. The molecule has 0 radical (unpaired) electrons. The van der Waals surface area contributed by atoms with Crippen molar-refractivity contribution in [1.82, 2.24) is 24.7 Å². The number of halogens is 1. The van der Waals surface area contributed by atoms with E-state index in [1.54, 1.807) is 18.0 Å². The number of aromatic nitrogens is 4. The van der Waals surface area contributed by atoms with E-state index in [1.165, 1.54) is 18.0 Å². The summed E-state index contributed by atoms with van der Waals surface area (Å²) in [6.07, 6.45) is 3.07. The Morgan fingerprint density at radius 2 is 1.85 bits per heavy atom. The fourth-order valence-electron chi connectivity index (χ4n) is 2.25. The lowest BCUT2D eigenvalue weighted by Gasteiger charge is -2.09. The number of hydrogen-bond acceptors (Lipinski definition) is 8. The molecule has 0 saturated heterocycles. The predicted octanol–water partition coefficient (Wildman–Crippen LogP) is 4.00. The molecule has 2 N–H and O–H groups in total. The van der Waals surface area contributed by atoms with Crippen molar-refractivity contribution in [3.63, 3.8) is 0 Å². The zero-order chi connectivity index (χ0) is 19.1. The Kier molecular flexibility index (Phi) is 6.80. The lowest BCUT2D eigenvalue weighted by Crippen LogP contribution is -2.06. The molecule has 140 valence electrons. The fourth-order valence-corrected chi connectivity index (χ4v) is 2.85. The Balaban J connectivity index is 1.64. The molecule has 0 aliphatic heterocycles. The van der Waals surface area contributed by atoms with Gasteiger partial charge in [-0.25, -0.2) is 15.0 Å². The SMILES string of the molecule is CNSCc1ccc(Oc2cc(CNc3ncc(Cl)cn3)nc(C)n2)cc1. The van der Waals surface area contributed by atoms with E-state index in [9.17, 15) is 0 Å². The molecule has 0 bridgehead atoms. The summed E-state index contributed by atoms with van der Waals surface area (Å²) in [7, 11) is 1.91. The summed E-state index contributed by atoms with van der Waals surface area (Å²) in [6.45, 7) is 2.27. The van der Waals surface area contributed by atoms with Crippen molar-refractivity contribution in [2.24, 2.45) is 0 Å². The summed E-state index contributed by atoms with van der Waals surface area (Å²) in [5.74, 6) is 3.22. The number of benzene rings is 1. The van der Waals surface area contributed by atoms with E-state index in [4.69, 9.17) is 16.3 Å².